The molecule has 1 unspecified atom stereocenters. The van der Waals surface area contributed by atoms with Crippen LogP contribution >= 0.6 is 11.8 Å². The van der Waals surface area contributed by atoms with Crippen molar-refractivity contribution in [2.45, 2.75) is 10.1 Å². The van der Waals surface area contributed by atoms with Crippen molar-refractivity contribution >= 4 is 57.7 Å². The van der Waals surface area contributed by atoms with Crippen molar-refractivity contribution in [3.05, 3.63) is 168 Å². The molecule has 0 bridgehead atoms. The largest absolute Gasteiger partial charge is 0.493 e. The van der Waals surface area contributed by atoms with Crippen LogP contribution in [0.3, 0.4) is 0 Å². The standard InChI is InChI=1S/C42H35N3O5S/c1-49-37-25-20-28(27-38(37)50-2)26-36(45-40(46)31-15-7-4-8-16-31)41(47)43-32-21-23-33(24-22-32)51-39(30-13-5-3-6-14-30)42(48)44-35-19-11-17-29-12-9-10-18-34(29)35/h3-27,39H,1-2H3,(H,43,47)(H,44,48)(H,45,46)/b36-26-. The van der Waals surface area contributed by atoms with Gasteiger partial charge < -0.3 is 25.4 Å². The first-order valence-corrected chi connectivity index (χ1v) is 17.0. The second-order valence-corrected chi connectivity index (χ2v) is 12.6. The number of fused-ring (bicyclic) bond motifs is 1. The summed E-state index contributed by atoms with van der Waals surface area (Å²) in [6, 6.07) is 44.5. The Hall–Kier alpha value is -6.32. The molecule has 51 heavy (non-hydrogen) atoms. The molecule has 254 valence electrons. The van der Waals surface area contributed by atoms with Crippen LogP contribution in [0, 0.1) is 0 Å². The fourth-order valence-electron chi connectivity index (χ4n) is 5.44. The van der Waals surface area contributed by atoms with Gasteiger partial charge in [-0.3, -0.25) is 14.4 Å². The molecular formula is C42H35N3O5S. The quantitative estimate of drug-likeness (QED) is 0.0875. The van der Waals surface area contributed by atoms with Crippen LogP contribution in [0.15, 0.2) is 156 Å². The normalized spacial score (nSPS) is 11.7. The molecule has 9 heteroatoms. The summed E-state index contributed by atoms with van der Waals surface area (Å²) >= 11 is 1.41. The van der Waals surface area contributed by atoms with E-state index in [1.54, 1.807) is 67.8 Å². The fourth-order valence-corrected chi connectivity index (χ4v) is 6.46. The van der Waals surface area contributed by atoms with Crippen LogP contribution in [0.1, 0.15) is 26.7 Å². The van der Waals surface area contributed by atoms with Crippen molar-refractivity contribution in [1.29, 1.82) is 0 Å². The second-order valence-electron chi connectivity index (χ2n) is 11.4. The van der Waals surface area contributed by atoms with E-state index in [9.17, 15) is 14.4 Å². The molecule has 8 nitrogen and oxygen atoms in total. The molecule has 0 fully saturated rings. The summed E-state index contributed by atoms with van der Waals surface area (Å²) in [6.07, 6.45) is 1.57. The predicted octanol–water partition coefficient (Wildman–Crippen LogP) is 8.74. The molecule has 0 aliphatic rings. The molecule has 0 spiro atoms. The smallest absolute Gasteiger partial charge is 0.272 e. The van der Waals surface area contributed by atoms with Crippen LogP contribution < -0.4 is 25.4 Å². The van der Waals surface area contributed by atoms with Crippen molar-refractivity contribution < 1.29 is 23.9 Å². The van der Waals surface area contributed by atoms with E-state index in [1.807, 2.05) is 91.0 Å². The van der Waals surface area contributed by atoms with Crippen LogP contribution in [0.2, 0.25) is 0 Å². The molecule has 0 saturated carbocycles. The Morgan fingerprint density at radius 3 is 2.06 bits per heavy atom. The SMILES string of the molecule is COc1ccc(/C=C(\NC(=O)c2ccccc2)C(=O)Nc2ccc(SC(C(=O)Nc3cccc4ccccc34)c3ccccc3)cc2)cc1OC. The van der Waals surface area contributed by atoms with Gasteiger partial charge in [-0.15, -0.1) is 11.8 Å². The van der Waals surface area contributed by atoms with Gasteiger partial charge in [-0.05, 0) is 77.2 Å². The lowest BCUT2D eigenvalue weighted by Gasteiger charge is -2.18. The summed E-state index contributed by atoms with van der Waals surface area (Å²) in [5.74, 6) is -0.0938. The molecule has 0 saturated heterocycles. The zero-order chi connectivity index (χ0) is 35.6. The lowest BCUT2D eigenvalue weighted by atomic mass is 10.1. The number of amides is 3. The lowest BCUT2D eigenvalue weighted by molar-refractivity contribution is -0.116. The highest BCUT2D eigenvalue weighted by atomic mass is 32.2. The van der Waals surface area contributed by atoms with E-state index in [1.165, 1.54) is 18.9 Å². The zero-order valence-electron chi connectivity index (χ0n) is 28.0. The van der Waals surface area contributed by atoms with Gasteiger partial charge in [0.2, 0.25) is 5.91 Å². The Bertz CT molecular complexity index is 2180. The monoisotopic (exact) mass is 693 g/mol. The maximum Gasteiger partial charge on any atom is 0.272 e. The van der Waals surface area contributed by atoms with E-state index in [0.29, 0.717) is 28.3 Å². The molecule has 0 radical (unpaired) electrons. The maximum absolute atomic E-state index is 13.8. The number of carbonyl (C=O) groups excluding carboxylic acids is 3. The number of anilines is 2. The Balaban J connectivity index is 1.21. The van der Waals surface area contributed by atoms with E-state index in [-0.39, 0.29) is 11.6 Å². The Kier molecular flexibility index (Phi) is 11.1. The molecule has 0 heterocycles. The van der Waals surface area contributed by atoms with E-state index >= 15 is 0 Å². The summed E-state index contributed by atoms with van der Waals surface area (Å²) in [4.78, 5) is 41.4. The topological polar surface area (TPSA) is 106 Å². The van der Waals surface area contributed by atoms with Crippen molar-refractivity contribution in [2.75, 3.05) is 24.9 Å². The fraction of sp³-hybridized carbons (Fsp3) is 0.0714. The Morgan fingerprint density at radius 2 is 1.33 bits per heavy atom. The summed E-state index contributed by atoms with van der Waals surface area (Å²) in [7, 11) is 3.07. The van der Waals surface area contributed by atoms with Crippen molar-refractivity contribution in [3.8, 4) is 11.5 Å². The van der Waals surface area contributed by atoms with Gasteiger partial charge in [0.25, 0.3) is 11.8 Å². The van der Waals surface area contributed by atoms with Gasteiger partial charge in [-0.2, -0.15) is 0 Å². The summed E-state index contributed by atoms with van der Waals surface area (Å²) in [5, 5.41) is 10.2. The maximum atomic E-state index is 13.8. The third-order valence-corrected chi connectivity index (χ3v) is 9.27. The van der Waals surface area contributed by atoms with Gasteiger partial charge in [-0.25, -0.2) is 0 Å². The van der Waals surface area contributed by atoms with Gasteiger partial charge in [-0.1, -0.05) is 91.0 Å². The summed E-state index contributed by atoms with van der Waals surface area (Å²) in [6.45, 7) is 0. The Labute approximate surface area is 300 Å². The molecule has 6 aromatic rings. The molecule has 1 atom stereocenters. The summed E-state index contributed by atoms with van der Waals surface area (Å²) in [5.41, 5.74) is 3.16. The predicted molar refractivity (Wildman–Crippen MR) is 204 cm³/mol. The minimum atomic E-state index is -0.546. The first-order chi connectivity index (χ1) is 24.9. The first-order valence-electron chi connectivity index (χ1n) is 16.1. The van der Waals surface area contributed by atoms with Crippen LogP contribution in [0.5, 0.6) is 11.5 Å². The number of benzene rings is 6. The minimum Gasteiger partial charge on any atom is -0.493 e. The van der Waals surface area contributed by atoms with Gasteiger partial charge in [0.1, 0.15) is 10.9 Å². The second kappa shape index (κ2) is 16.4. The van der Waals surface area contributed by atoms with E-state index in [2.05, 4.69) is 16.0 Å². The van der Waals surface area contributed by atoms with Crippen LogP contribution in [0.25, 0.3) is 16.8 Å². The number of hydrogen-bond donors (Lipinski definition) is 3. The molecule has 3 amide bonds. The molecule has 0 aliphatic heterocycles. The third kappa shape index (κ3) is 8.65. The van der Waals surface area contributed by atoms with Gasteiger partial charge in [0.15, 0.2) is 11.5 Å². The number of methoxy groups -OCH3 is 2. The lowest BCUT2D eigenvalue weighted by Crippen LogP contribution is -2.30. The highest BCUT2D eigenvalue weighted by Crippen LogP contribution is 2.37. The molecule has 3 N–H and O–H groups in total. The third-order valence-electron chi connectivity index (χ3n) is 8.00. The minimum absolute atomic E-state index is 0.0313. The highest BCUT2D eigenvalue weighted by Gasteiger charge is 2.23. The van der Waals surface area contributed by atoms with Gasteiger partial charge in [0.05, 0.1) is 14.2 Å². The number of ether oxygens (including phenoxy) is 2. The number of rotatable bonds is 12. The van der Waals surface area contributed by atoms with Crippen molar-refractivity contribution in [1.82, 2.24) is 5.32 Å². The molecule has 0 aromatic heterocycles. The van der Waals surface area contributed by atoms with Crippen LogP contribution in [-0.2, 0) is 9.59 Å². The number of thioether (sulfide) groups is 1. The average Bonchev–Trinajstić information content (AvgIpc) is 3.18. The summed E-state index contributed by atoms with van der Waals surface area (Å²) < 4.78 is 10.8. The van der Waals surface area contributed by atoms with Gasteiger partial charge in [0, 0.05) is 27.2 Å². The number of carbonyl (C=O) groups is 3. The van der Waals surface area contributed by atoms with Gasteiger partial charge >= 0.3 is 0 Å². The number of nitrogens with one attached hydrogen (secondary N) is 3. The molecule has 6 aromatic carbocycles. The van der Waals surface area contributed by atoms with Crippen LogP contribution in [-0.4, -0.2) is 31.9 Å². The average molecular weight is 694 g/mol. The molecule has 0 aliphatic carbocycles. The Morgan fingerprint density at radius 1 is 0.667 bits per heavy atom. The zero-order valence-corrected chi connectivity index (χ0v) is 28.8. The highest BCUT2D eigenvalue weighted by molar-refractivity contribution is 8.00. The first kappa shape index (κ1) is 34.5. The number of hydrogen-bond acceptors (Lipinski definition) is 6. The molecule has 6 rings (SSSR count). The van der Waals surface area contributed by atoms with Crippen molar-refractivity contribution in [2.24, 2.45) is 0 Å². The van der Waals surface area contributed by atoms with Crippen LogP contribution in [0.4, 0.5) is 11.4 Å². The van der Waals surface area contributed by atoms with E-state index < -0.39 is 17.1 Å². The van der Waals surface area contributed by atoms with Crippen molar-refractivity contribution in [3.63, 3.8) is 0 Å². The van der Waals surface area contributed by atoms with E-state index in [4.69, 9.17) is 9.47 Å². The van der Waals surface area contributed by atoms with E-state index in [0.717, 1.165) is 26.9 Å². The molecular weight excluding hydrogens is 659 g/mol.